The minimum atomic E-state index is -0.336. The minimum Gasteiger partial charge on any atom is -0.469 e. The fraction of sp³-hybridized carbons (Fsp3) is 0.238. The van der Waals surface area contributed by atoms with Crippen molar-refractivity contribution >= 4 is 28.9 Å². The molecule has 0 amide bonds. The molecule has 2 rings (SSSR count). The predicted molar refractivity (Wildman–Crippen MR) is 105 cm³/mol. The number of carbonyl (C=O) groups is 2. The van der Waals surface area contributed by atoms with Crippen LogP contribution in [0.3, 0.4) is 0 Å². The molecule has 136 valence electrons. The van der Waals surface area contributed by atoms with Crippen LogP contribution in [0, 0.1) is 6.92 Å². The van der Waals surface area contributed by atoms with Gasteiger partial charge in [0.05, 0.1) is 24.4 Å². The van der Waals surface area contributed by atoms with Gasteiger partial charge in [-0.25, -0.2) is 0 Å². The van der Waals surface area contributed by atoms with Gasteiger partial charge in [0.2, 0.25) is 0 Å². The zero-order chi connectivity index (χ0) is 18.9. The first-order valence-electron chi connectivity index (χ1n) is 8.28. The van der Waals surface area contributed by atoms with Crippen molar-refractivity contribution in [3.63, 3.8) is 0 Å². The van der Waals surface area contributed by atoms with Gasteiger partial charge < -0.3 is 9.47 Å². The Kier molecular flexibility index (Phi) is 7.48. The molecule has 0 aliphatic rings. The van der Waals surface area contributed by atoms with Gasteiger partial charge in [-0.2, -0.15) is 0 Å². The first-order valence-corrected chi connectivity index (χ1v) is 9.73. The van der Waals surface area contributed by atoms with E-state index in [9.17, 15) is 9.59 Å². The summed E-state index contributed by atoms with van der Waals surface area (Å²) in [6, 6.07) is 15.7. The Morgan fingerprint density at radius 2 is 1.69 bits per heavy atom. The van der Waals surface area contributed by atoms with Crippen LogP contribution >= 0.6 is 0 Å². The smallest absolute Gasteiger partial charge is 0.310 e. The molecule has 0 saturated carbocycles. The first kappa shape index (κ1) is 19.8. The predicted octanol–water partition coefficient (Wildman–Crippen LogP) is 4.13. The summed E-state index contributed by atoms with van der Waals surface area (Å²) < 4.78 is 9.80. The van der Waals surface area contributed by atoms with E-state index in [0.29, 0.717) is 17.9 Å². The maximum atomic E-state index is 11.5. The van der Waals surface area contributed by atoms with Gasteiger partial charge in [-0.05, 0) is 42.8 Å². The van der Waals surface area contributed by atoms with Crippen molar-refractivity contribution in [1.29, 1.82) is 0 Å². The van der Waals surface area contributed by atoms with Crippen molar-refractivity contribution in [1.82, 2.24) is 0 Å². The Hall–Kier alpha value is -2.53. The van der Waals surface area contributed by atoms with Gasteiger partial charge >= 0.3 is 11.9 Å². The third-order valence-electron chi connectivity index (χ3n) is 3.64. The lowest BCUT2D eigenvalue weighted by molar-refractivity contribution is -0.140. The molecular weight excluding hydrogens is 348 g/mol. The van der Waals surface area contributed by atoms with Crippen molar-refractivity contribution in [2.45, 2.75) is 25.2 Å². The molecule has 0 bridgehead atoms. The molecule has 1 unspecified atom stereocenters. The number of benzene rings is 2. The zero-order valence-electron chi connectivity index (χ0n) is 15.2. The molecule has 0 fully saturated rings. The maximum Gasteiger partial charge on any atom is 0.310 e. The largest absolute Gasteiger partial charge is 0.469 e. The van der Waals surface area contributed by atoms with Crippen LogP contribution in [0.1, 0.15) is 24.5 Å². The Bertz CT molecular complexity index is 764. The van der Waals surface area contributed by atoms with E-state index in [1.54, 1.807) is 12.1 Å². The highest BCUT2D eigenvalue weighted by atomic mass is 32.2. The summed E-state index contributed by atoms with van der Waals surface area (Å²) in [6.45, 7) is 3.43. The lowest BCUT2D eigenvalue weighted by atomic mass is 10.2. The minimum absolute atomic E-state index is 0.200. The topological polar surface area (TPSA) is 52.6 Å². The molecular formula is C21H23O4S+. The van der Waals surface area contributed by atoms with Gasteiger partial charge in [-0.1, -0.05) is 29.8 Å². The summed E-state index contributed by atoms with van der Waals surface area (Å²) in [5, 5.41) is 2.12. The van der Waals surface area contributed by atoms with Crippen LogP contribution in [-0.2, 0) is 25.2 Å². The van der Waals surface area contributed by atoms with Gasteiger partial charge in [0, 0.05) is 6.92 Å². The van der Waals surface area contributed by atoms with Gasteiger partial charge in [-0.3, -0.25) is 9.59 Å². The molecule has 1 atom stereocenters. The summed E-state index contributed by atoms with van der Waals surface area (Å²) in [5.74, 6) is 0.696. The van der Waals surface area contributed by atoms with Crippen LogP contribution in [0.4, 0.5) is 0 Å². The number of hydrogen-bond acceptors (Lipinski definition) is 4. The number of aryl methyl sites for hydroxylation is 1. The van der Waals surface area contributed by atoms with Crippen molar-refractivity contribution in [2.75, 3.05) is 12.9 Å². The second-order valence-electron chi connectivity index (χ2n) is 5.74. The maximum absolute atomic E-state index is 11.5. The molecule has 0 aliphatic heterocycles. The Labute approximate surface area is 157 Å². The molecule has 0 heterocycles. The molecule has 0 N–H and O–H groups in total. The van der Waals surface area contributed by atoms with E-state index in [4.69, 9.17) is 9.47 Å². The standard InChI is InChI=1S/C21H23O4S/c1-16-4-10-20(11-5-16)26(15-13-21(23)24-3)14-12-18-6-8-19(9-7-18)25-17(2)22/h4-12,14H,13,15H2,1-3H3/q+1/b14-12+. The van der Waals surface area contributed by atoms with Gasteiger partial charge in [0.1, 0.15) is 16.9 Å². The quantitative estimate of drug-likeness (QED) is 0.417. The Morgan fingerprint density at radius 1 is 1.04 bits per heavy atom. The van der Waals surface area contributed by atoms with Crippen LogP contribution in [0.2, 0.25) is 0 Å². The number of rotatable bonds is 7. The van der Waals surface area contributed by atoms with Crippen molar-refractivity contribution in [3.8, 4) is 5.75 Å². The normalized spacial score (nSPS) is 12.0. The second kappa shape index (κ2) is 9.82. The molecule has 4 nitrogen and oxygen atoms in total. The average molecular weight is 371 g/mol. The highest BCUT2D eigenvalue weighted by Crippen LogP contribution is 2.20. The summed E-state index contributed by atoms with van der Waals surface area (Å²) >= 11 is 0. The van der Waals surface area contributed by atoms with Crippen molar-refractivity contribution in [3.05, 3.63) is 65.1 Å². The van der Waals surface area contributed by atoms with Gasteiger partial charge in [0.15, 0.2) is 4.90 Å². The van der Waals surface area contributed by atoms with Crippen molar-refractivity contribution in [2.24, 2.45) is 0 Å². The lowest BCUT2D eigenvalue weighted by Gasteiger charge is -2.04. The number of hydrogen-bond donors (Lipinski definition) is 0. The fourth-order valence-corrected chi connectivity index (χ4v) is 3.97. The van der Waals surface area contributed by atoms with E-state index in [1.165, 1.54) is 24.5 Å². The van der Waals surface area contributed by atoms with Gasteiger partial charge in [-0.15, -0.1) is 0 Å². The highest BCUT2D eigenvalue weighted by molar-refractivity contribution is 7.99. The van der Waals surface area contributed by atoms with E-state index in [0.717, 1.165) is 5.56 Å². The molecule has 26 heavy (non-hydrogen) atoms. The van der Waals surface area contributed by atoms with E-state index in [-0.39, 0.29) is 22.8 Å². The van der Waals surface area contributed by atoms with E-state index in [1.807, 2.05) is 18.2 Å². The summed E-state index contributed by atoms with van der Waals surface area (Å²) in [6.07, 6.45) is 2.40. The van der Waals surface area contributed by atoms with E-state index in [2.05, 4.69) is 36.6 Å². The summed E-state index contributed by atoms with van der Waals surface area (Å²) in [7, 11) is 1.21. The fourth-order valence-electron chi connectivity index (χ4n) is 2.25. The summed E-state index contributed by atoms with van der Waals surface area (Å²) in [4.78, 5) is 23.7. The molecule has 5 heteroatoms. The first-order chi connectivity index (χ1) is 12.5. The summed E-state index contributed by atoms with van der Waals surface area (Å²) in [5.41, 5.74) is 2.21. The second-order valence-corrected chi connectivity index (χ2v) is 7.75. The van der Waals surface area contributed by atoms with Crippen LogP contribution < -0.4 is 4.74 Å². The molecule has 2 aromatic carbocycles. The molecule has 2 aromatic rings. The number of carbonyl (C=O) groups excluding carboxylic acids is 2. The molecule has 0 radical (unpaired) electrons. The zero-order valence-corrected chi connectivity index (χ0v) is 16.0. The van der Waals surface area contributed by atoms with Crippen LogP contribution in [-0.4, -0.2) is 24.8 Å². The Morgan fingerprint density at radius 3 is 2.27 bits per heavy atom. The Balaban J connectivity index is 2.13. The molecule has 0 saturated heterocycles. The number of ether oxygens (including phenoxy) is 2. The van der Waals surface area contributed by atoms with Crippen LogP contribution in [0.15, 0.2) is 58.8 Å². The molecule has 0 aromatic heterocycles. The lowest BCUT2D eigenvalue weighted by Crippen LogP contribution is -2.11. The van der Waals surface area contributed by atoms with Gasteiger partial charge in [0.25, 0.3) is 0 Å². The molecule has 0 spiro atoms. The van der Waals surface area contributed by atoms with Crippen LogP contribution in [0.25, 0.3) is 6.08 Å². The average Bonchev–Trinajstić information content (AvgIpc) is 2.63. The van der Waals surface area contributed by atoms with E-state index < -0.39 is 0 Å². The van der Waals surface area contributed by atoms with E-state index >= 15 is 0 Å². The number of esters is 2. The van der Waals surface area contributed by atoms with Crippen molar-refractivity contribution < 1.29 is 19.1 Å². The third kappa shape index (κ3) is 6.41. The monoisotopic (exact) mass is 371 g/mol. The van der Waals surface area contributed by atoms with Crippen LogP contribution in [0.5, 0.6) is 5.75 Å². The molecule has 0 aliphatic carbocycles. The third-order valence-corrected chi connectivity index (χ3v) is 5.63. The SMILES string of the molecule is COC(=O)CC[S+](/C=C/c1ccc(OC(C)=O)cc1)c1ccc(C)cc1. The number of methoxy groups -OCH3 is 1. The highest BCUT2D eigenvalue weighted by Gasteiger charge is 2.20.